The molecule has 0 amide bonds. The Morgan fingerprint density at radius 2 is 1.93 bits per heavy atom. The molecule has 2 heterocycles. The maximum absolute atomic E-state index is 13.4. The Balaban J connectivity index is 2.15. The molecule has 1 N–H and O–H groups in total. The predicted octanol–water partition coefficient (Wildman–Crippen LogP) is 3.15. The van der Waals surface area contributed by atoms with E-state index in [1.807, 2.05) is 6.92 Å². The lowest BCUT2D eigenvalue weighted by Crippen LogP contribution is -2.43. The highest BCUT2D eigenvalue weighted by molar-refractivity contribution is 6.12. The summed E-state index contributed by atoms with van der Waals surface area (Å²) in [6.45, 7) is 8.96. The summed E-state index contributed by atoms with van der Waals surface area (Å²) in [5, 5.41) is 3.21. The number of dihydropyridines is 1. The Labute approximate surface area is 170 Å². The average molecular weight is 401 g/mol. The third-order valence-electron chi connectivity index (χ3n) is 5.35. The number of aryl methyl sites for hydroxylation is 1. The number of carbonyl (C=O) groups is 3. The van der Waals surface area contributed by atoms with Gasteiger partial charge in [0.25, 0.3) is 0 Å². The molecule has 7 nitrogen and oxygen atoms in total. The first-order valence-corrected chi connectivity index (χ1v) is 9.75. The van der Waals surface area contributed by atoms with E-state index in [1.165, 1.54) is 7.11 Å². The fourth-order valence-electron chi connectivity index (χ4n) is 4.12. The maximum Gasteiger partial charge on any atom is 0.337 e. The van der Waals surface area contributed by atoms with E-state index < -0.39 is 23.8 Å². The van der Waals surface area contributed by atoms with Crippen LogP contribution in [0.5, 0.6) is 0 Å². The Hall–Kier alpha value is -2.83. The molecule has 0 radical (unpaired) electrons. The lowest BCUT2D eigenvalue weighted by atomic mass is 9.70. The van der Waals surface area contributed by atoms with Crippen LogP contribution < -0.4 is 5.32 Å². The van der Waals surface area contributed by atoms with E-state index >= 15 is 0 Å². The number of allylic oxidation sites excluding steroid dienone is 3. The molecular weight excluding hydrogens is 374 g/mol. The molecule has 1 aliphatic carbocycles. The van der Waals surface area contributed by atoms with E-state index in [-0.39, 0.29) is 17.8 Å². The number of ether oxygens (including phenoxy) is 2. The fraction of sp³-hybridized carbons (Fsp3) is 0.500. The van der Waals surface area contributed by atoms with Crippen LogP contribution in [0.15, 0.2) is 39.1 Å². The van der Waals surface area contributed by atoms with Crippen molar-refractivity contribution in [3.05, 3.63) is 46.2 Å². The third-order valence-corrected chi connectivity index (χ3v) is 5.35. The van der Waals surface area contributed by atoms with Gasteiger partial charge in [-0.05, 0) is 52.2 Å². The summed E-state index contributed by atoms with van der Waals surface area (Å²) in [5.41, 5.74) is 2.01. The molecule has 0 saturated carbocycles. The maximum atomic E-state index is 13.4. The number of ketones is 1. The fourth-order valence-corrected chi connectivity index (χ4v) is 4.12. The van der Waals surface area contributed by atoms with Gasteiger partial charge in [-0.1, -0.05) is 6.92 Å². The quantitative estimate of drug-likeness (QED) is 0.612. The number of hydrogen-bond donors (Lipinski definition) is 1. The van der Waals surface area contributed by atoms with Crippen molar-refractivity contribution in [2.24, 2.45) is 11.8 Å². The van der Waals surface area contributed by atoms with Gasteiger partial charge in [-0.15, -0.1) is 0 Å². The van der Waals surface area contributed by atoms with Gasteiger partial charge in [-0.2, -0.15) is 0 Å². The number of carbonyl (C=O) groups excluding carboxylic acids is 3. The highest BCUT2D eigenvalue weighted by atomic mass is 16.5. The summed E-state index contributed by atoms with van der Waals surface area (Å²) in [4.78, 5) is 38.7. The Kier molecular flexibility index (Phi) is 5.68. The first kappa shape index (κ1) is 20.9. The molecule has 0 unspecified atom stereocenters. The molecule has 7 heteroatoms. The zero-order chi connectivity index (χ0) is 21.5. The number of methoxy groups -OCH3 is 1. The Morgan fingerprint density at radius 3 is 2.48 bits per heavy atom. The van der Waals surface area contributed by atoms with Gasteiger partial charge in [0, 0.05) is 17.0 Å². The van der Waals surface area contributed by atoms with Crippen molar-refractivity contribution in [3.63, 3.8) is 0 Å². The minimum atomic E-state index is -0.917. The van der Waals surface area contributed by atoms with Crippen molar-refractivity contribution in [1.29, 1.82) is 0 Å². The van der Waals surface area contributed by atoms with Crippen molar-refractivity contribution in [2.75, 3.05) is 7.11 Å². The van der Waals surface area contributed by atoms with Crippen molar-refractivity contribution in [1.82, 2.24) is 5.32 Å². The standard InChI is InChI=1S/C22H27NO6/c1-10(2)28-22(26)17-13(5)23-14-9-11(3)16(21(25)27-6)20(24)18(14)19(17)15-8-7-12(4)29-15/h7-8,10-11,16,19,23H,9H2,1-6H3/t11-,16-,19-/m0/s1. The van der Waals surface area contributed by atoms with E-state index in [0.717, 1.165) is 0 Å². The van der Waals surface area contributed by atoms with Gasteiger partial charge in [0.1, 0.15) is 17.4 Å². The van der Waals surface area contributed by atoms with Crippen molar-refractivity contribution in [2.45, 2.75) is 53.1 Å². The summed E-state index contributed by atoms with van der Waals surface area (Å²) in [5.74, 6) is -2.18. The van der Waals surface area contributed by atoms with Gasteiger partial charge in [0.15, 0.2) is 5.78 Å². The van der Waals surface area contributed by atoms with E-state index in [1.54, 1.807) is 39.8 Å². The summed E-state index contributed by atoms with van der Waals surface area (Å²) in [6, 6.07) is 3.54. The molecule has 156 valence electrons. The lowest BCUT2D eigenvalue weighted by molar-refractivity contribution is -0.151. The monoisotopic (exact) mass is 401 g/mol. The Bertz CT molecular complexity index is 919. The third kappa shape index (κ3) is 3.73. The highest BCUT2D eigenvalue weighted by Crippen LogP contribution is 2.45. The number of hydrogen-bond acceptors (Lipinski definition) is 7. The SMILES string of the molecule is COC(=O)[C@@H]1C(=O)C2=C(C[C@@H]1C)NC(C)=C(C(=O)OC(C)C)[C@@H]2c1ccc(C)o1. The molecular formula is C22H27NO6. The van der Waals surface area contributed by atoms with Crippen LogP contribution in [0.25, 0.3) is 0 Å². The van der Waals surface area contributed by atoms with Gasteiger partial charge in [0.05, 0.1) is 24.7 Å². The van der Waals surface area contributed by atoms with Crippen molar-refractivity contribution < 1.29 is 28.3 Å². The molecule has 1 aromatic heterocycles. The second kappa shape index (κ2) is 7.89. The van der Waals surface area contributed by atoms with Gasteiger partial charge in [-0.3, -0.25) is 9.59 Å². The second-order valence-electron chi connectivity index (χ2n) is 7.94. The lowest BCUT2D eigenvalue weighted by Gasteiger charge is -2.37. The van der Waals surface area contributed by atoms with Crippen LogP contribution in [0, 0.1) is 18.8 Å². The molecule has 0 aromatic carbocycles. The van der Waals surface area contributed by atoms with Crippen LogP contribution in [0.1, 0.15) is 51.6 Å². The van der Waals surface area contributed by atoms with Gasteiger partial charge in [0.2, 0.25) is 0 Å². The highest BCUT2D eigenvalue weighted by Gasteiger charge is 2.48. The molecule has 3 atom stereocenters. The van der Waals surface area contributed by atoms with E-state index in [2.05, 4.69) is 5.32 Å². The molecule has 0 bridgehead atoms. The van der Waals surface area contributed by atoms with Crippen LogP contribution >= 0.6 is 0 Å². The molecule has 1 aliphatic heterocycles. The number of rotatable bonds is 4. The number of esters is 2. The molecule has 29 heavy (non-hydrogen) atoms. The first-order chi connectivity index (χ1) is 13.6. The molecule has 0 spiro atoms. The summed E-state index contributed by atoms with van der Waals surface area (Å²) >= 11 is 0. The molecule has 0 fully saturated rings. The van der Waals surface area contributed by atoms with Crippen molar-refractivity contribution >= 4 is 17.7 Å². The summed E-state index contributed by atoms with van der Waals surface area (Å²) in [6.07, 6.45) is 0.169. The first-order valence-electron chi connectivity index (χ1n) is 9.75. The summed E-state index contributed by atoms with van der Waals surface area (Å²) < 4.78 is 16.2. The van der Waals surface area contributed by atoms with Crippen LogP contribution in [0.4, 0.5) is 0 Å². The summed E-state index contributed by atoms with van der Waals surface area (Å²) in [7, 11) is 1.27. The number of nitrogens with one attached hydrogen (secondary N) is 1. The van der Waals surface area contributed by atoms with Crippen LogP contribution in [0.3, 0.4) is 0 Å². The molecule has 2 aliphatic rings. The smallest absolute Gasteiger partial charge is 0.337 e. The normalized spacial score (nSPS) is 24.4. The Morgan fingerprint density at radius 1 is 1.24 bits per heavy atom. The minimum Gasteiger partial charge on any atom is -0.468 e. The second-order valence-corrected chi connectivity index (χ2v) is 7.94. The molecule has 1 aromatic rings. The predicted molar refractivity (Wildman–Crippen MR) is 105 cm³/mol. The van der Waals surface area contributed by atoms with Crippen LogP contribution in [-0.4, -0.2) is 30.9 Å². The van der Waals surface area contributed by atoms with E-state index in [9.17, 15) is 14.4 Å². The van der Waals surface area contributed by atoms with Crippen molar-refractivity contribution in [3.8, 4) is 0 Å². The van der Waals surface area contributed by atoms with Gasteiger partial charge < -0.3 is 19.2 Å². The van der Waals surface area contributed by atoms with E-state index in [0.29, 0.717) is 40.5 Å². The molecule has 0 saturated heterocycles. The number of Topliss-reactive ketones (excluding diaryl/α,β-unsaturated/α-hetero) is 1. The zero-order valence-electron chi connectivity index (χ0n) is 17.6. The zero-order valence-corrected chi connectivity index (χ0v) is 17.6. The average Bonchev–Trinajstić information content (AvgIpc) is 3.05. The molecule has 3 rings (SSSR count). The van der Waals surface area contributed by atoms with Crippen LogP contribution in [0.2, 0.25) is 0 Å². The topological polar surface area (TPSA) is 94.8 Å². The minimum absolute atomic E-state index is 0.225. The number of furan rings is 1. The van der Waals surface area contributed by atoms with E-state index in [4.69, 9.17) is 13.9 Å². The van der Waals surface area contributed by atoms with Gasteiger partial charge in [-0.25, -0.2) is 4.79 Å². The van der Waals surface area contributed by atoms with Gasteiger partial charge >= 0.3 is 11.9 Å². The largest absolute Gasteiger partial charge is 0.468 e. The van der Waals surface area contributed by atoms with Crippen LogP contribution in [-0.2, 0) is 23.9 Å².